The van der Waals surface area contributed by atoms with Crippen molar-refractivity contribution < 1.29 is 9.53 Å². The highest BCUT2D eigenvalue weighted by molar-refractivity contribution is 8.00. The first-order valence-corrected chi connectivity index (χ1v) is 9.77. The minimum Gasteiger partial charge on any atom is -0.455 e. The van der Waals surface area contributed by atoms with E-state index < -0.39 is 0 Å². The van der Waals surface area contributed by atoms with Crippen molar-refractivity contribution in [2.75, 3.05) is 10.5 Å². The fraction of sp³-hybridized carbons (Fsp3) is 0.286. The Hall–Kier alpha value is -1.91. The number of rotatable bonds is 7. The first-order valence-electron chi connectivity index (χ1n) is 8.41. The molecule has 0 radical (unpaired) electrons. The van der Waals surface area contributed by atoms with Crippen molar-refractivity contribution in [2.45, 2.75) is 34.1 Å². The molecule has 0 aliphatic carbocycles. The first kappa shape index (κ1) is 22.1. The third-order valence-corrected chi connectivity index (χ3v) is 5.01. The Kier molecular flexibility index (Phi) is 9.31. The fourth-order valence-electron chi connectivity index (χ4n) is 2.50. The smallest absolute Gasteiger partial charge is 0.160 e. The van der Waals surface area contributed by atoms with Crippen LogP contribution in [0.15, 0.2) is 43.5 Å². The van der Waals surface area contributed by atoms with Crippen molar-refractivity contribution in [3.05, 3.63) is 65.2 Å². The highest BCUT2D eigenvalue weighted by Crippen LogP contribution is 2.38. The van der Waals surface area contributed by atoms with E-state index in [0.717, 1.165) is 29.0 Å². The van der Waals surface area contributed by atoms with E-state index >= 15 is 0 Å². The van der Waals surface area contributed by atoms with Gasteiger partial charge in [0.25, 0.3) is 0 Å². The third-order valence-electron chi connectivity index (χ3n) is 3.65. The zero-order chi connectivity index (χ0) is 19.7. The normalized spacial score (nSPS) is 9.88. The SMILES string of the molecule is C=C.CCCSNc1cccc(Oc2ccc(C)c(C(C)=O)c2C)c1Cl. The number of anilines is 1. The van der Waals surface area contributed by atoms with Crippen LogP contribution in [0.4, 0.5) is 5.69 Å². The summed E-state index contributed by atoms with van der Waals surface area (Å²) in [7, 11) is 0. The highest BCUT2D eigenvalue weighted by atomic mass is 35.5. The topological polar surface area (TPSA) is 38.3 Å². The number of ether oxygens (including phenoxy) is 1. The summed E-state index contributed by atoms with van der Waals surface area (Å²) in [6.45, 7) is 13.5. The maximum Gasteiger partial charge on any atom is 0.160 e. The third kappa shape index (κ3) is 5.55. The second-order valence-corrected chi connectivity index (χ2v) is 6.89. The van der Waals surface area contributed by atoms with Crippen LogP contribution in [-0.2, 0) is 0 Å². The molecule has 140 valence electrons. The summed E-state index contributed by atoms with van der Waals surface area (Å²) in [4.78, 5) is 11.9. The summed E-state index contributed by atoms with van der Waals surface area (Å²) in [5.74, 6) is 2.25. The molecule has 0 aliphatic heterocycles. The lowest BCUT2D eigenvalue weighted by Crippen LogP contribution is -2.02. The Morgan fingerprint density at radius 2 is 1.88 bits per heavy atom. The summed E-state index contributed by atoms with van der Waals surface area (Å²) in [6, 6.07) is 9.41. The molecule has 2 rings (SSSR count). The average Bonchev–Trinajstić information content (AvgIpc) is 2.62. The first-order chi connectivity index (χ1) is 12.5. The van der Waals surface area contributed by atoms with Crippen LogP contribution in [0.3, 0.4) is 0 Å². The summed E-state index contributed by atoms with van der Waals surface area (Å²) < 4.78 is 9.24. The second-order valence-electron chi connectivity index (χ2n) is 5.61. The van der Waals surface area contributed by atoms with Crippen molar-refractivity contribution in [1.29, 1.82) is 0 Å². The molecule has 0 aromatic heterocycles. The van der Waals surface area contributed by atoms with Crippen LogP contribution in [0.5, 0.6) is 11.5 Å². The van der Waals surface area contributed by atoms with E-state index in [1.807, 2.05) is 44.2 Å². The van der Waals surface area contributed by atoms with Gasteiger partial charge in [-0.3, -0.25) is 4.79 Å². The standard InChI is InChI=1S/C19H22ClNO2S.C2H4/c1-5-11-24-21-15-7-6-8-17(19(15)20)23-16-10-9-12(2)18(13(16)3)14(4)22;1-2/h6-10,21H,5,11H2,1-4H3;1-2H2. The molecule has 0 bridgehead atoms. The number of hydrogen-bond acceptors (Lipinski definition) is 4. The Balaban J connectivity index is 0.00000163. The maximum atomic E-state index is 11.9. The van der Waals surface area contributed by atoms with Gasteiger partial charge in [0.1, 0.15) is 16.5 Å². The van der Waals surface area contributed by atoms with Gasteiger partial charge < -0.3 is 9.46 Å². The minimum atomic E-state index is 0.0351. The Bertz CT molecular complexity index is 762. The summed E-state index contributed by atoms with van der Waals surface area (Å²) in [5, 5.41) is 0.533. The number of hydrogen-bond donors (Lipinski definition) is 1. The molecule has 26 heavy (non-hydrogen) atoms. The van der Waals surface area contributed by atoms with Crippen LogP contribution in [0.2, 0.25) is 5.02 Å². The van der Waals surface area contributed by atoms with Crippen LogP contribution >= 0.6 is 23.5 Å². The summed E-state index contributed by atoms with van der Waals surface area (Å²) in [6.07, 6.45) is 1.09. The van der Waals surface area contributed by atoms with Gasteiger partial charge in [-0.2, -0.15) is 0 Å². The Labute approximate surface area is 165 Å². The molecular formula is C21H26ClNO2S. The molecule has 2 aromatic rings. The van der Waals surface area contributed by atoms with E-state index in [1.165, 1.54) is 0 Å². The van der Waals surface area contributed by atoms with E-state index in [0.29, 0.717) is 22.1 Å². The van der Waals surface area contributed by atoms with E-state index in [-0.39, 0.29) is 5.78 Å². The molecule has 0 unspecified atom stereocenters. The molecule has 0 amide bonds. The van der Waals surface area contributed by atoms with Crippen molar-refractivity contribution in [3.63, 3.8) is 0 Å². The predicted octanol–water partition coefficient (Wildman–Crippen LogP) is 7.22. The minimum absolute atomic E-state index is 0.0351. The van der Waals surface area contributed by atoms with E-state index in [1.54, 1.807) is 18.9 Å². The van der Waals surface area contributed by atoms with Crippen molar-refractivity contribution >= 4 is 35.0 Å². The molecule has 0 fully saturated rings. The van der Waals surface area contributed by atoms with E-state index in [9.17, 15) is 4.79 Å². The zero-order valence-electron chi connectivity index (χ0n) is 15.8. The fourth-order valence-corrected chi connectivity index (χ4v) is 3.40. The molecule has 3 nitrogen and oxygen atoms in total. The highest BCUT2D eigenvalue weighted by Gasteiger charge is 2.15. The Morgan fingerprint density at radius 1 is 1.19 bits per heavy atom. The number of Topliss-reactive ketones (excluding diaryl/α,β-unsaturated/α-hetero) is 1. The number of carbonyl (C=O) groups is 1. The van der Waals surface area contributed by atoms with E-state index in [4.69, 9.17) is 16.3 Å². The molecule has 0 atom stereocenters. The molecule has 0 aliphatic rings. The van der Waals surface area contributed by atoms with Gasteiger partial charge in [-0.05, 0) is 51.0 Å². The van der Waals surface area contributed by atoms with Crippen molar-refractivity contribution in [3.8, 4) is 11.5 Å². The van der Waals surface area contributed by atoms with Crippen molar-refractivity contribution in [1.82, 2.24) is 0 Å². The second kappa shape index (κ2) is 10.9. The predicted molar refractivity (Wildman–Crippen MR) is 115 cm³/mol. The molecule has 5 heteroatoms. The number of benzene rings is 2. The van der Waals surface area contributed by atoms with Crippen molar-refractivity contribution in [2.24, 2.45) is 0 Å². The Morgan fingerprint density at radius 3 is 2.50 bits per heavy atom. The van der Waals surface area contributed by atoms with Gasteiger partial charge in [0.2, 0.25) is 0 Å². The number of nitrogens with one attached hydrogen (secondary N) is 1. The van der Waals surface area contributed by atoms with Crippen LogP contribution in [0, 0.1) is 13.8 Å². The van der Waals surface area contributed by atoms with Crippen LogP contribution < -0.4 is 9.46 Å². The van der Waals surface area contributed by atoms with Gasteiger partial charge in [0.05, 0.1) is 5.69 Å². The van der Waals surface area contributed by atoms with Gasteiger partial charge >= 0.3 is 0 Å². The van der Waals surface area contributed by atoms with E-state index in [2.05, 4.69) is 24.8 Å². The zero-order valence-corrected chi connectivity index (χ0v) is 17.4. The quantitative estimate of drug-likeness (QED) is 0.234. The lowest BCUT2D eigenvalue weighted by Gasteiger charge is -2.15. The molecule has 0 spiro atoms. The van der Waals surface area contributed by atoms with Gasteiger partial charge in [0, 0.05) is 16.9 Å². The number of carbonyl (C=O) groups excluding carboxylic acids is 1. The molecule has 0 heterocycles. The number of aryl methyl sites for hydroxylation is 1. The van der Waals surface area contributed by atoms with Gasteiger partial charge in [-0.25, -0.2) is 0 Å². The summed E-state index contributed by atoms with van der Waals surface area (Å²) >= 11 is 8.07. The maximum absolute atomic E-state index is 11.9. The molecular weight excluding hydrogens is 366 g/mol. The number of halogens is 1. The molecule has 1 N–H and O–H groups in total. The lowest BCUT2D eigenvalue weighted by atomic mass is 9.99. The van der Waals surface area contributed by atoms with Crippen LogP contribution in [0.25, 0.3) is 0 Å². The number of ketones is 1. The average molecular weight is 392 g/mol. The van der Waals surface area contributed by atoms with Crippen LogP contribution in [0.1, 0.15) is 41.8 Å². The van der Waals surface area contributed by atoms with Gasteiger partial charge in [-0.1, -0.05) is 42.6 Å². The summed E-state index contributed by atoms with van der Waals surface area (Å²) in [5.41, 5.74) is 3.31. The lowest BCUT2D eigenvalue weighted by molar-refractivity contribution is 0.101. The molecule has 0 saturated heterocycles. The van der Waals surface area contributed by atoms with Gasteiger partial charge in [-0.15, -0.1) is 13.2 Å². The van der Waals surface area contributed by atoms with Crippen LogP contribution in [-0.4, -0.2) is 11.5 Å². The van der Waals surface area contributed by atoms with Gasteiger partial charge in [0.15, 0.2) is 5.78 Å². The largest absolute Gasteiger partial charge is 0.455 e. The molecule has 2 aromatic carbocycles. The molecule has 0 saturated carbocycles. The monoisotopic (exact) mass is 391 g/mol.